The van der Waals surface area contributed by atoms with Gasteiger partial charge in [0, 0.05) is 22.7 Å². The standard InChI is InChI=1S/C46H27N3O2/c1-2-8-34-29(7-1)13-14-30-15-16-32-27-31(19-22-35(32)43(30)34)28-17-20-33(21-18-28)49(38-25-26-47-46-44(38)36-9-3-5-11-39(36)51-46)42-24-23-41-45(48-42)37-10-4-6-12-40(37)50-41/h1-27H. The molecule has 5 nitrogen and oxygen atoms in total. The number of hydrogen-bond donors (Lipinski definition) is 0. The Morgan fingerprint density at radius 2 is 1.14 bits per heavy atom. The lowest BCUT2D eigenvalue weighted by Gasteiger charge is -2.25. The van der Waals surface area contributed by atoms with E-state index in [-0.39, 0.29) is 0 Å². The van der Waals surface area contributed by atoms with Gasteiger partial charge in [0.2, 0.25) is 5.71 Å². The lowest BCUT2D eigenvalue weighted by Crippen LogP contribution is -2.12. The van der Waals surface area contributed by atoms with Crippen LogP contribution in [0.2, 0.25) is 0 Å². The molecule has 0 amide bonds. The van der Waals surface area contributed by atoms with Crippen molar-refractivity contribution in [2.24, 2.45) is 0 Å². The number of benzene rings is 7. The van der Waals surface area contributed by atoms with Crippen LogP contribution in [0, 0.1) is 0 Å². The molecule has 0 bridgehead atoms. The normalized spacial score (nSPS) is 11.9. The second kappa shape index (κ2) is 10.8. The van der Waals surface area contributed by atoms with E-state index < -0.39 is 0 Å². The first kappa shape index (κ1) is 27.9. The molecule has 0 aliphatic heterocycles. The summed E-state index contributed by atoms with van der Waals surface area (Å²) in [4.78, 5) is 12.0. The molecule has 0 saturated carbocycles. The van der Waals surface area contributed by atoms with Gasteiger partial charge in [-0.15, -0.1) is 0 Å². The Morgan fingerprint density at radius 3 is 2.00 bits per heavy atom. The SMILES string of the molecule is c1ccc2c(c1)ccc1ccc3cc(-c4ccc(N(c5ccc6oc7ccccc7c6n5)c5ccnc6oc7ccccc7c56)cc4)ccc3c12. The summed E-state index contributed by atoms with van der Waals surface area (Å²) >= 11 is 0. The van der Waals surface area contributed by atoms with Gasteiger partial charge in [0.1, 0.15) is 22.5 Å². The number of anilines is 3. The monoisotopic (exact) mass is 653 g/mol. The summed E-state index contributed by atoms with van der Waals surface area (Å²) in [7, 11) is 0. The molecule has 11 aromatic rings. The van der Waals surface area contributed by atoms with Crippen molar-refractivity contribution >= 4 is 93.6 Å². The summed E-state index contributed by atoms with van der Waals surface area (Å²) in [6.45, 7) is 0. The van der Waals surface area contributed by atoms with Crippen molar-refractivity contribution < 1.29 is 8.83 Å². The number of fused-ring (bicyclic) bond motifs is 11. The van der Waals surface area contributed by atoms with E-state index >= 15 is 0 Å². The number of pyridine rings is 2. The van der Waals surface area contributed by atoms with Gasteiger partial charge in [-0.3, -0.25) is 4.90 Å². The fourth-order valence-corrected chi connectivity index (χ4v) is 7.73. The van der Waals surface area contributed by atoms with Crippen molar-refractivity contribution in [2.45, 2.75) is 0 Å². The molecule has 4 heterocycles. The topological polar surface area (TPSA) is 55.3 Å². The van der Waals surface area contributed by atoms with Crippen molar-refractivity contribution in [3.8, 4) is 11.1 Å². The quantitative estimate of drug-likeness (QED) is 0.177. The average Bonchev–Trinajstić information content (AvgIpc) is 3.76. The molecule has 0 aliphatic carbocycles. The maximum absolute atomic E-state index is 6.22. The van der Waals surface area contributed by atoms with Crippen molar-refractivity contribution in [3.63, 3.8) is 0 Å². The van der Waals surface area contributed by atoms with Crippen LogP contribution in [0.15, 0.2) is 173 Å². The van der Waals surface area contributed by atoms with Gasteiger partial charge < -0.3 is 8.83 Å². The molecular formula is C46H27N3O2. The Bertz CT molecular complexity index is 3160. The number of aromatic nitrogens is 2. The fraction of sp³-hybridized carbons (Fsp3) is 0. The minimum atomic E-state index is 0.585. The highest BCUT2D eigenvalue weighted by atomic mass is 16.3. The lowest BCUT2D eigenvalue weighted by molar-refractivity contribution is 0.654. The Balaban J connectivity index is 1.07. The molecule has 0 saturated heterocycles. The summed E-state index contributed by atoms with van der Waals surface area (Å²) in [5.41, 5.74) is 7.97. The number of furan rings is 2. The number of rotatable bonds is 4. The van der Waals surface area contributed by atoms with Gasteiger partial charge in [0.25, 0.3) is 0 Å². The van der Waals surface area contributed by atoms with E-state index in [1.54, 1.807) is 6.20 Å². The van der Waals surface area contributed by atoms with Gasteiger partial charge in [0.15, 0.2) is 5.58 Å². The highest BCUT2D eigenvalue weighted by Crippen LogP contribution is 2.43. The van der Waals surface area contributed by atoms with Crippen LogP contribution in [-0.2, 0) is 0 Å². The van der Waals surface area contributed by atoms with Gasteiger partial charge >= 0.3 is 0 Å². The zero-order chi connectivity index (χ0) is 33.5. The van der Waals surface area contributed by atoms with E-state index in [4.69, 9.17) is 13.8 Å². The van der Waals surface area contributed by atoms with Crippen molar-refractivity contribution in [1.29, 1.82) is 0 Å². The van der Waals surface area contributed by atoms with Crippen molar-refractivity contribution in [3.05, 3.63) is 164 Å². The molecule has 0 N–H and O–H groups in total. The zero-order valence-corrected chi connectivity index (χ0v) is 27.2. The summed E-state index contributed by atoms with van der Waals surface area (Å²) in [6.07, 6.45) is 1.80. The molecule has 7 aromatic carbocycles. The summed E-state index contributed by atoms with van der Waals surface area (Å²) in [5.74, 6) is 0.768. The first-order valence-electron chi connectivity index (χ1n) is 17.1. The third-order valence-corrected chi connectivity index (χ3v) is 10.1. The molecule has 4 aromatic heterocycles. The summed E-state index contributed by atoms with van der Waals surface area (Å²) in [5, 5.41) is 10.5. The van der Waals surface area contributed by atoms with Gasteiger partial charge in [-0.1, -0.05) is 103 Å². The predicted molar refractivity (Wildman–Crippen MR) is 209 cm³/mol. The van der Waals surface area contributed by atoms with Gasteiger partial charge in [-0.2, -0.15) is 0 Å². The smallest absolute Gasteiger partial charge is 0.229 e. The first-order chi connectivity index (χ1) is 25.3. The van der Waals surface area contributed by atoms with Gasteiger partial charge in [-0.05, 0) is 98.0 Å². The lowest BCUT2D eigenvalue weighted by atomic mass is 9.94. The Morgan fingerprint density at radius 1 is 0.451 bits per heavy atom. The maximum Gasteiger partial charge on any atom is 0.229 e. The maximum atomic E-state index is 6.22. The molecule has 0 spiro atoms. The van der Waals surface area contributed by atoms with Crippen LogP contribution in [-0.4, -0.2) is 9.97 Å². The minimum absolute atomic E-state index is 0.585. The molecule has 0 fully saturated rings. The molecular weight excluding hydrogens is 627 g/mol. The van der Waals surface area contributed by atoms with Crippen LogP contribution < -0.4 is 4.90 Å². The fourth-order valence-electron chi connectivity index (χ4n) is 7.73. The Labute approximate surface area is 291 Å². The molecule has 0 unspecified atom stereocenters. The predicted octanol–water partition coefficient (Wildman–Crippen LogP) is 12.9. The largest absolute Gasteiger partial charge is 0.454 e. The van der Waals surface area contributed by atoms with E-state index in [0.29, 0.717) is 5.71 Å². The van der Waals surface area contributed by atoms with Crippen LogP contribution in [0.3, 0.4) is 0 Å². The van der Waals surface area contributed by atoms with E-state index in [0.717, 1.165) is 66.7 Å². The molecule has 0 aliphatic rings. The van der Waals surface area contributed by atoms with E-state index in [9.17, 15) is 0 Å². The third kappa shape index (κ3) is 4.28. The van der Waals surface area contributed by atoms with Crippen LogP contribution >= 0.6 is 0 Å². The average molecular weight is 654 g/mol. The first-order valence-corrected chi connectivity index (χ1v) is 17.1. The molecule has 238 valence electrons. The number of para-hydroxylation sites is 2. The second-order valence-corrected chi connectivity index (χ2v) is 13.0. The molecule has 5 heteroatoms. The van der Waals surface area contributed by atoms with Crippen molar-refractivity contribution in [1.82, 2.24) is 9.97 Å². The molecule has 51 heavy (non-hydrogen) atoms. The van der Waals surface area contributed by atoms with E-state index in [1.165, 1.54) is 32.3 Å². The van der Waals surface area contributed by atoms with Crippen molar-refractivity contribution in [2.75, 3.05) is 4.90 Å². The molecule has 0 radical (unpaired) electrons. The highest BCUT2D eigenvalue weighted by Gasteiger charge is 2.22. The second-order valence-electron chi connectivity index (χ2n) is 13.0. The Kier molecular flexibility index (Phi) is 5.89. The highest BCUT2D eigenvalue weighted by molar-refractivity contribution is 6.20. The van der Waals surface area contributed by atoms with Crippen LogP contribution in [0.25, 0.3) is 87.6 Å². The summed E-state index contributed by atoms with van der Waals surface area (Å²) in [6, 6.07) is 55.2. The molecule has 11 rings (SSSR count). The minimum Gasteiger partial charge on any atom is -0.454 e. The van der Waals surface area contributed by atoms with Gasteiger partial charge in [0.05, 0.1) is 11.1 Å². The van der Waals surface area contributed by atoms with Crippen LogP contribution in [0.5, 0.6) is 0 Å². The van der Waals surface area contributed by atoms with E-state index in [2.05, 4.69) is 113 Å². The molecule has 0 atom stereocenters. The van der Waals surface area contributed by atoms with Crippen LogP contribution in [0.1, 0.15) is 0 Å². The Hall–Kier alpha value is -6.98. The van der Waals surface area contributed by atoms with E-state index in [1.807, 2.05) is 54.6 Å². The third-order valence-electron chi connectivity index (χ3n) is 10.1. The summed E-state index contributed by atoms with van der Waals surface area (Å²) < 4.78 is 12.4. The van der Waals surface area contributed by atoms with Crippen LogP contribution in [0.4, 0.5) is 17.2 Å². The van der Waals surface area contributed by atoms with Gasteiger partial charge in [-0.25, -0.2) is 9.97 Å². The number of nitrogens with zero attached hydrogens (tertiary/aromatic N) is 3. The zero-order valence-electron chi connectivity index (χ0n) is 27.2. The number of hydrogen-bond acceptors (Lipinski definition) is 5.